The highest BCUT2D eigenvalue weighted by Gasteiger charge is 2.10. The van der Waals surface area contributed by atoms with Crippen LogP contribution in [0.15, 0.2) is 27.8 Å². The van der Waals surface area contributed by atoms with Crippen molar-refractivity contribution in [3.63, 3.8) is 0 Å². The van der Waals surface area contributed by atoms with Crippen LogP contribution >= 0.6 is 0 Å². The van der Waals surface area contributed by atoms with Crippen LogP contribution in [0.2, 0.25) is 0 Å². The number of methoxy groups -OCH3 is 1. The molecule has 1 N–H and O–H groups in total. The van der Waals surface area contributed by atoms with Gasteiger partial charge in [0.15, 0.2) is 5.76 Å². The van der Waals surface area contributed by atoms with Crippen LogP contribution in [0.25, 0.3) is 0 Å². The molecule has 0 fully saturated rings. The van der Waals surface area contributed by atoms with E-state index in [0.717, 1.165) is 19.3 Å². The number of carbonyl (C=O) groups excluding carboxylic acids is 1. The van der Waals surface area contributed by atoms with Gasteiger partial charge in [-0.25, -0.2) is 4.99 Å². The molecule has 0 unspecified atom stereocenters. The minimum atomic E-state index is -0.355. The largest absolute Gasteiger partial charge is 0.468 e. The first kappa shape index (κ1) is 13.3. The second kappa shape index (κ2) is 7.49. The van der Waals surface area contributed by atoms with Crippen LogP contribution in [-0.2, 0) is 4.74 Å². The molecular weight excluding hydrogens is 220 g/mol. The Morgan fingerprint density at radius 1 is 1.53 bits per heavy atom. The Morgan fingerprint density at radius 3 is 2.94 bits per heavy atom. The summed E-state index contributed by atoms with van der Waals surface area (Å²) in [5.41, 5.74) is 0. The number of amidine groups is 1. The lowest BCUT2D eigenvalue weighted by Gasteiger charge is -2.05. The van der Waals surface area contributed by atoms with Gasteiger partial charge in [-0.15, -0.1) is 0 Å². The van der Waals surface area contributed by atoms with Gasteiger partial charge in [-0.1, -0.05) is 19.8 Å². The van der Waals surface area contributed by atoms with Crippen LogP contribution in [0.5, 0.6) is 0 Å². The summed E-state index contributed by atoms with van der Waals surface area (Å²) in [6, 6.07) is 3.46. The van der Waals surface area contributed by atoms with Gasteiger partial charge in [0.05, 0.1) is 13.4 Å². The van der Waals surface area contributed by atoms with E-state index in [1.807, 2.05) is 0 Å². The molecule has 1 aromatic heterocycles. The Bertz CT molecular complexity index is 358. The molecule has 1 heterocycles. The number of nitrogens with one attached hydrogen (secondary N) is 1. The minimum absolute atomic E-state index is 0.225. The van der Waals surface area contributed by atoms with Gasteiger partial charge in [0.25, 0.3) is 11.9 Å². The number of hydrogen-bond acceptors (Lipinski definition) is 4. The Morgan fingerprint density at radius 2 is 2.35 bits per heavy atom. The Hall–Kier alpha value is -1.78. The van der Waals surface area contributed by atoms with Crippen molar-refractivity contribution in [3.05, 3.63) is 24.2 Å². The lowest BCUT2D eigenvalue weighted by atomic mass is 10.2. The summed E-state index contributed by atoms with van der Waals surface area (Å²) in [6.07, 6.45) is 4.68. The Balaban J connectivity index is 2.43. The standard InChI is InChI=1S/C12H18N2O3/c1-3-4-5-8-13-12(16-2)14-11(15)10-7-6-9-17-10/h6-7,9H,3-5,8H2,1-2H3,(H,13,14,15). The number of nitrogens with zero attached hydrogens (tertiary/aromatic N) is 1. The molecule has 0 atom stereocenters. The predicted molar refractivity (Wildman–Crippen MR) is 65.0 cm³/mol. The average molecular weight is 238 g/mol. The van der Waals surface area contributed by atoms with Gasteiger partial charge in [-0.3, -0.25) is 10.1 Å². The summed E-state index contributed by atoms with van der Waals surface area (Å²) in [7, 11) is 1.47. The van der Waals surface area contributed by atoms with Crippen LogP contribution in [0.1, 0.15) is 36.7 Å². The molecule has 1 rings (SSSR count). The molecule has 0 aliphatic rings. The van der Waals surface area contributed by atoms with Crippen molar-refractivity contribution in [2.75, 3.05) is 13.7 Å². The van der Waals surface area contributed by atoms with Gasteiger partial charge in [-0.2, -0.15) is 0 Å². The van der Waals surface area contributed by atoms with Gasteiger partial charge in [0, 0.05) is 6.54 Å². The summed E-state index contributed by atoms with van der Waals surface area (Å²) >= 11 is 0. The fraction of sp³-hybridized carbons (Fsp3) is 0.500. The molecule has 17 heavy (non-hydrogen) atoms. The number of rotatable bonds is 5. The van der Waals surface area contributed by atoms with Gasteiger partial charge >= 0.3 is 0 Å². The number of furan rings is 1. The third-order valence-corrected chi connectivity index (χ3v) is 2.18. The van der Waals surface area contributed by atoms with E-state index < -0.39 is 0 Å². The molecule has 0 spiro atoms. The molecule has 0 saturated carbocycles. The lowest BCUT2D eigenvalue weighted by Crippen LogP contribution is -2.31. The highest BCUT2D eigenvalue weighted by molar-refractivity contribution is 6.02. The van der Waals surface area contributed by atoms with Crippen molar-refractivity contribution >= 4 is 11.9 Å². The highest BCUT2D eigenvalue weighted by Crippen LogP contribution is 1.99. The lowest BCUT2D eigenvalue weighted by molar-refractivity contribution is 0.0941. The second-order valence-electron chi connectivity index (χ2n) is 3.53. The van der Waals surface area contributed by atoms with Crippen molar-refractivity contribution in [1.29, 1.82) is 0 Å². The van der Waals surface area contributed by atoms with Crippen LogP contribution < -0.4 is 5.32 Å². The Kier molecular flexibility index (Phi) is 5.85. The monoisotopic (exact) mass is 238 g/mol. The summed E-state index contributed by atoms with van der Waals surface area (Å²) in [6.45, 7) is 2.77. The van der Waals surface area contributed by atoms with E-state index >= 15 is 0 Å². The van der Waals surface area contributed by atoms with Gasteiger partial charge in [0.1, 0.15) is 0 Å². The first-order chi connectivity index (χ1) is 8.27. The number of amides is 1. The van der Waals surface area contributed by atoms with E-state index in [1.54, 1.807) is 12.1 Å². The average Bonchev–Trinajstić information content (AvgIpc) is 2.86. The summed E-state index contributed by atoms with van der Waals surface area (Å²) in [5, 5.41) is 2.54. The molecule has 0 aliphatic heterocycles. The molecule has 1 amide bonds. The summed E-state index contributed by atoms with van der Waals surface area (Å²) in [4.78, 5) is 15.7. The summed E-state index contributed by atoms with van der Waals surface area (Å²) in [5.74, 6) is -0.116. The first-order valence-electron chi connectivity index (χ1n) is 5.71. The molecule has 0 aromatic carbocycles. The van der Waals surface area contributed by atoms with Crippen molar-refractivity contribution in [1.82, 2.24) is 5.32 Å². The maximum atomic E-state index is 11.6. The first-order valence-corrected chi connectivity index (χ1v) is 5.71. The van der Waals surface area contributed by atoms with Gasteiger partial charge in [0.2, 0.25) is 0 Å². The fourth-order valence-corrected chi connectivity index (χ4v) is 1.26. The van der Waals surface area contributed by atoms with Crippen molar-refractivity contribution in [3.8, 4) is 0 Å². The van der Waals surface area contributed by atoms with Gasteiger partial charge < -0.3 is 9.15 Å². The molecule has 1 aromatic rings. The number of aliphatic imine (C=N–C) groups is 1. The SMILES string of the molecule is CCCCCN=C(NC(=O)c1ccco1)OC. The van der Waals surface area contributed by atoms with Crippen molar-refractivity contribution in [2.45, 2.75) is 26.2 Å². The molecule has 5 nitrogen and oxygen atoms in total. The van der Waals surface area contributed by atoms with Gasteiger partial charge in [-0.05, 0) is 18.6 Å². The molecule has 0 bridgehead atoms. The molecular formula is C12H18N2O3. The molecule has 0 saturated heterocycles. The molecule has 94 valence electrons. The second-order valence-corrected chi connectivity index (χ2v) is 3.53. The van der Waals surface area contributed by atoms with Crippen molar-refractivity contribution < 1.29 is 13.9 Å². The maximum Gasteiger partial charge on any atom is 0.294 e. The normalized spacial score (nSPS) is 11.3. The van der Waals surface area contributed by atoms with E-state index in [4.69, 9.17) is 9.15 Å². The molecule has 5 heteroatoms. The van der Waals surface area contributed by atoms with Crippen LogP contribution in [0.3, 0.4) is 0 Å². The van der Waals surface area contributed by atoms with E-state index in [2.05, 4.69) is 17.2 Å². The van der Waals surface area contributed by atoms with Crippen LogP contribution in [0.4, 0.5) is 0 Å². The van der Waals surface area contributed by atoms with Crippen LogP contribution in [-0.4, -0.2) is 25.6 Å². The molecule has 0 aliphatic carbocycles. The van der Waals surface area contributed by atoms with E-state index in [9.17, 15) is 4.79 Å². The zero-order valence-electron chi connectivity index (χ0n) is 10.2. The number of hydrogen-bond donors (Lipinski definition) is 1. The van der Waals surface area contributed by atoms with E-state index in [0.29, 0.717) is 6.54 Å². The summed E-state index contributed by atoms with van der Waals surface area (Å²) < 4.78 is 9.94. The Labute approximate surface area is 101 Å². The number of ether oxygens (including phenoxy) is 1. The third-order valence-electron chi connectivity index (χ3n) is 2.18. The predicted octanol–water partition coefficient (Wildman–Crippen LogP) is 2.20. The van der Waals surface area contributed by atoms with Crippen molar-refractivity contribution in [2.24, 2.45) is 4.99 Å². The zero-order chi connectivity index (χ0) is 12.5. The third kappa shape index (κ3) is 4.72. The van der Waals surface area contributed by atoms with E-state index in [-0.39, 0.29) is 17.7 Å². The van der Waals surface area contributed by atoms with Crippen LogP contribution in [0, 0.1) is 0 Å². The molecule has 0 radical (unpaired) electrons. The smallest absolute Gasteiger partial charge is 0.294 e. The minimum Gasteiger partial charge on any atom is -0.468 e. The number of carbonyl (C=O) groups is 1. The van der Waals surface area contributed by atoms with E-state index in [1.165, 1.54) is 13.4 Å². The fourth-order valence-electron chi connectivity index (χ4n) is 1.26. The number of unbranched alkanes of at least 4 members (excludes halogenated alkanes) is 2. The maximum absolute atomic E-state index is 11.6. The zero-order valence-corrected chi connectivity index (χ0v) is 10.2. The quantitative estimate of drug-likeness (QED) is 0.486. The topological polar surface area (TPSA) is 63.8 Å². The highest BCUT2D eigenvalue weighted by atomic mass is 16.5.